The van der Waals surface area contributed by atoms with Gasteiger partial charge >= 0.3 is 12.1 Å². The van der Waals surface area contributed by atoms with Crippen molar-refractivity contribution in [2.24, 2.45) is 0 Å². The number of ether oxygens (including phenoxy) is 2. The SMILES string of the molecule is Cc1cccc(OCCCC(=O)N2CCCc3c(-c4ccc(COC(=O)N(C)CC(=O)O)cc4)cccc32)c1C. The molecule has 0 spiro atoms. The summed E-state index contributed by atoms with van der Waals surface area (Å²) in [5.41, 5.74) is 7.33. The zero-order valence-corrected chi connectivity index (χ0v) is 23.3. The number of benzene rings is 3. The molecule has 0 bridgehead atoms. The van der Waals surface area contributed by atoms with E-state index < -0.39 is 18.6 Å². The minimum absolute atomic E-state index is 0.0470. The molecule has 0 saturated carbocycles. The predicted octanol–water partition coefficient (Wildman–Crippen LogP) is 5.76. The van der Waals surface area contributed by atoms with Crippen LogP contribution in [0.15, 0.2) is 60.7 Å². The summed E-state index contributed by atoms with van der Waals surface area (Å²) in [6, 6.07) is 19.8. The van der Waals surface area contributed by atoms with E-state index in [-0.39, 0.29) is 12.5 Å². The molecule has 0 fully saturated rings. The quantitative estimate of drug-likeness (QED) is 0.326. The van der Waals surface area contributed by atoms with Crippen LogP contribution in [0.4, 0.5) is 10.5 Å². The molecule has 4 rings (SSSR count). The van der Waals surface area contributed by atoms with Crippen molar-refractivity contribution in [3.05, 3.63) is 82.9 Å². The highest BCUT2D eigenvalue weighted by atomic mass is 16.6. The van der Waals surface area contributed by atoms with Gasteiger partial charge in [0.05, 0.1) is 6.61 Å². The summed E-state index contributed by atoms with van der Waals surface area (Å²) in [4.78, 5) is 38.9. The summed E-state index contributed by atoms with van der Waals surface area (Å²) in [5.74, 6) is -0.125. The van der Waals surface area contributed by atoms with Crippen molar-refractivity contribution < 1.29 is 29.0 Å². The molecule has 1 heterocycles. The number of aliphatic carboxylic acids is 1. The first kappa shape index (κ1) is 28.7. The Balaban J connectivity index is 1.37. The number of aryl methyl sites for hydroxylation is 1. The number of carbonyl (C=O) groups excluding carboxylic acids is 2. The molecule has 0 unspecified atom stereocenters. The zero-order valence-electron chi connectivity index (χ0n) is 23.3. The molecule has 8 nitrogen and oxygen atoms in total. The van der Waals surface area contributed by atoms with Gasteiger partial charge in [0.25, 0.3) is 0 Å². The van der Waals surface area contributed by atoms with Crippen LogP contribution in [-0.2, 0) is 27.4 Å². The van der Waals surface area contributed by atoms with Gasteiger partial charge in [0, 0.05) is 25.7 Å². The molecule has 0 radical (unpaired) electrons. The highest BCUT2D eigenvalue weighted by Gasteiger charge is 2.24. The Morgan fingerprint density at radius 1 is 1.00 bits per heavy atom. The lowest BCUT2D eigenvalue weighted by atomic mass is 9.91. The van der Waals surface area contributed by atoms with Gasteiger partial charge in [-0.05, 0) is 78.6 Å². The molecule has 0 saturated heterocycles. The molecule has 1 aliphatic rings. The minimum atomic E-state index is -1.10. The molecule has 3 aromatic rings. The van der Waals surface area contributed by atoms with E-state index in [1.165, 1.54) is 12.6 Å². The second kappa shape index (κ2) is 13.2. The number of hydrogen-bond donors (Lipinski definition) is 1. The molecule has 0 aliphatic carbocycles. The average molecular weight is 545 g/mol. The lowest BCUT2D eigenvalue weighted by Crippen LogP contribution is -2.35. The van der Waals surface area contributed by atoms with Crippen LogP contribution in [0, 0.1) is 13.8 Å². The fraction of sp³-hybridized carbons (Fsp3) is 0.344. The van der Waals surface area contributed by atoms with Crippen LogP contribution in [0.3, 0.4) is 0 Å². The molecule has 0 aromatic heterocycles. The van der Waals surface area contributed by atoms with Gasteiger partial charge in [-0.15, -0.1) is 0 Å². The largest absolute Gasteiger partial charge is 0.493 e. The molecule has 2 amide bonds. The number of nitrogens with zero attached hydrogens (tertiary/aromatic N) is 2. The Labute approximate surface area is 235 Å². The summed E-state index contributed by atoms with van der Waals surface area (Å²) in [5, 5.41) is 8.82. The maximum Gasteiger partial charge on any atom is 0.410 e. The van der Waals surface area contributed by atoms with Crippen molar-refractivity contribution in [2.75, 3.05) is 31.6 Å². The molecule has 1 N–H and O–H groups in total. The number of likely N-dealkylation sites (N-methyl/N-ethyl adjacent to an activating group) is 1. The summed E-state index contributed by atoms with van der Waals surface area (Å²) in [6.45, 7) is 4.93. The lowest BCUT2D eigenvalue weighted by Gasteiger charge is -2.31. The van der Waals surface area contributed by atoms with Crippen LogP contribution >= 0.6 is 0 Å². The van der Waals surface area contributed by atoms with Gasteiger partial charge in [-0.2, -0.15) is 0 Å². The first-order valence-corrected chi connectivity index (χ1v) is 13.5. The second-order valence-electron chi connectivity index (χ2n) is 10.1. The van der Waals surface area contributed by atoms with E-state index >= 15 is 0 Å². The van der Waals surface area contributed by atoms with Gasteiger partial charge in [-0.25, -0.2) is 4.79 Å². The smallest absolute Gasteiger partial charge is 0.410 e. The normalized spacial score (nSPS) is 12.4. The first-order chi connectivity index (χ1) is 19.2. The van der Waals surface area contributed by atoms with Crippen LogP contribution in [0.5, 0.6) is 5.75 Å². The predicted molar refractivity (Wildman–Crippen MR) is 154 cm³/mol. The molecule has 3 aromatic carbocycles. The third-order valence-corrected chi connectivity index (χ3v) is 7.21. The lowest BCUT2D eigenvalue weighted by molar-refractivity contribution is -0.137. The number of amides is 2. The van der Waals surface area contributed by atoms with E-state index in [4.69, 9.17) is 14.6 Å². The fourth-order valence-electron chi connectivity index (χ4n) is 4.88. The van der Waals surface area contributed by atoms with Crippen molar-refractivity contribution in [3.63, 3.8) is 0 Å². The maximum absolute atomic E-state index is 13.2. The van der Waals surface area contributed by atoms with Crippen LogP contribution in [0.1, 0.15) is 41.5 Å². The number of carbonyl (C=O) groups is 3. The number of anilines is 1. The van der Waals surface area contributed by atoms with E-state index in [0.717, 1.165) is 57.0 Å². The number of hydrogen-bond acceptors (Lipinski definition) is 5. The molecular weight excluding hydrogens is 508 g/mol. The minimum Gasteiger partial charge on any atom is -0.493 e. The highest BCUT2D eigenvalue weighted by molar-refractivity contribution is 5.96. The third kappa shape index (κ3) is 7.00. The number of fused-ring (bicyclic) bond motifs is 1. The topological polar surface area (TPSA) is 96.4 Å². The van der Waals surface area contributed by atoms with Gasteiger partial charge in [-0.3, -0.25) is 9.59 Å². The zero-order chi connectivity index (χ0) is 28.6. The summed E-state index contributed by atoms with van der Waals surface area (Å²) < 4.78 is 11.2. The van der Waals surface area contributed by atoms with Crippen LogP contribution < -0.4 is 9.64 Å². The first-order valence-electron chi connectivity index (χ1n) is 13.5. The van der Waals surface area contributed by atoms with Crippen molar-refractivity contribution in [2.45, 2.75) is 46.1 Å². The standard InChI is InChI=1S/C32H36N2O6/c1-22-8-4-12-29(23(22)2)39-19-7-13-30(35)34-18-6-10-27-26(9-5-11-28(27)34)25-16-14-24(15-17-25)21-40-32(38)33(3)20-31(36)37/h4-5,8-9,11-12,14-17H,6-7,10,13,18-21H2,1-3H3,(H,36,37). The molecule has 210 valence electrons. The van der Waals surface area contributed by atoms with Gasteiger partial charge < -0.3 is 24.4 Å². The monoisotopic (exact) mass is 544 g/mol. The van der Waals surface area contributed by atoms with Crippen molar-refractivity contribution >= 4 is 23.7 Å². The maximum atomic E-state index is 13.2. The van der Waals surface area contributed by atoms with Crippen molar-refractivity contribution in [1.29, 1.82) is 0 Å². The molecule has 0 atom stereocenters. The third-order valence-electron chi connectivity index (χ3n) is 7.21. The molecular formula is C32H36N2O6. The molecule has 40 heavy (non-hydrogen) atoms. The Morgan fingerprint density at radius 3 is 2.50 bits per heavy atom. The van der Waals surface area contributed by atoms with Gasteiger partial charge in [0.2, 0.25) is 5.91 Å². The number of carboxylic acid groups (broad SMARTS) is 1. The fourth-order valence-corrected chi connectivity index (χ4v) is 4.88. The van der Waals surface area contributed by atoms with E-state index in [1.54, 1.807) is 0 Å². The van der Waals surface area contributed by atoms with E-state index in [9.17, 15) is 14.4 Å². The van der Waals surface area contributed by atoms with Crippen LogP contribution in [-0.4, -0.2) is 54.7 Å². The number of carboxylic acids is 1. The van der Waals surface area contributed by atoms with Crippen LogP contribution in [0.25, 0.3) is 11.1 Å². The average Bonchev–Trinajstić information content (AvgIpc) is 2.95. The summed E-state index contributed by atoms with van der Waals surface area (Å²) in [6.07, 6.45) is 2.16. The highest BCUT2D eigenvalue weighted by Crippen LogP contribution is 2.36. The van der Waals surface area contributed by atoms with Gasteiger partial charge in [-0.1, -0.05) is 48.5 Å². The Bertz CT molecular complexity index is 1370. The molecule has 1 aliphatic heterocycles. The summed E-state index contributed by atoms with van der Waals surface area (Å²) >= 11 is 0. The second-order valence-corrected chi connectivity index (χ2v) is 10.1. The summed E-state index contributed by atoms with van der Waals surface area (Å²) in [7, 11) is 1.38. The Morgan fingerprint density at radius 2 is 1.75 bits per heavy atom. The van der Waals surface area contributed by atoms with Crippen LogP contribution in [0.2, 0.25) is 0 Å². The van der Waals surface area contributed by atoms with Gasteiger partial charge in [0.15, 0.2) is 0 Å². The van der Waals surface area contributed by atoms with Crippen molar-refractivity contribution in [3.8, 4) is 16.9 Å². The van der Waals surface area contributed by atoms with E-state index in [0.29, 0.717) is 26.0 Å². The van der Waals surface area contributed by atoms with E-state index in [1.807, 2.05) is 60.4 Å². The van der Waals surface area contributed by atoms with Crippen molar-refractivity contribution in [1.82, 2.24) is 4.90 Å². The Hall–Kier alpha value is -4.33. The Kier molecular flexibility index (Phi) is 9.43. The van der Waals surface area contributed by atoms with E-state index in [2.05, 4.69) is 19.1 Å². The van der Waals surface area contributed by atoms with Gasteiger partial charge in [0.1, 0.15) is 18.9 Å². The number of rotatable bonds is 10. The molecule has 8 heteroatoms.